The molecule has 5 heterocycles. The van der Waals surface area contributed by atoms with E-state index >= 15 is 0 Å². The molecule has 202 valence electrons. The van der Waals surface area contributed by atoms with Crippen molar-refractivity contribution in [2.75, 3.05) is 24.6 Å². The van der Waals surface area contributed by atoms with Gasteiger partial charge >= 0.3 is 0 Å². The van der Waals surface area contributed by atoms with E-state index in [2.05, 4.69) is 34.3 Å². The zero-order valence-corrected chi connectivity index (χ0v) is 22.7. The number of anilines is 1. The van der Waals surface area contributed by atoms with Crippen LogP contribution in [0.3, 0.4) is 0 Å². The number of rotatable bonds is 6. The second-order valence-corrected chi connectivity index (χ2v) is 11.7. The van der Waals surface area contributed by atoms with Crippen molar-refractivity contribution in [1.82, 2.24) is 20.5 Å². The van der Waals surface area contributed by atoms with Crippen molar-refractivity contribution in [3.8, 4) is 5.75 Å². The Morgan fingerprint density at radius 1 is 1.00 bits per heavy atom. The van der Waals surface area contributed by atoms with Crippen LogP contribution in [-0.4, -0.2) is 71.6 Å². The third kappa shape index (κ3) is 4.75. The van der Waals surface area contributed by atoms with E-state index in [1.807, 2.05) is 31.2 Å². The van der Waals surface area contributed by atoms with Gasteiger partial charge in [0, 0.05) is 67.0 Å². The predicted molar refractivity (Wildman–Crippen MR) is 147 cm³/mol. The van der Waals surface area contributed by atoms with E-state index in [1.165, 1.54) is 5.56 Å². The zero-order chi connectivity index (χ0) is 26.4. The molecule has 8 nitrogen and oxygen atoms in total. The van der Waals surface area contributed by atoms with Gasteiger partial charge in [-0.15, -0.1) is 0 Å². The van der Waals surface area contributed by atoms with E-state index in [0.29, 0.717) is 35.9 Å². The quantitative estimate of drug-likeness (QED) is 0.610. The van der Waals surface area contributed by atoms with Gasteiger partial charge in [0.25, 0.3) is 11.8 Å². The van der Waals surface area contributed by atoms with Gasteiger partial charge in [0.2, 0.25) is 0 Å². The molecular formula is C30H39N5O3. The lowest BCUT2D eigenvalue weighted by Crippen LogP contribution is -2.50. The Kier molecular flexibility index (Phi) is 6.76. The van der Waals surface area contributed by atoms with Crippen LogP contribution in [0.25, 0.3) is 0 Å². The number of ether oxygens (including phenoxy) is 1. The van der Waals surface area contributed by atoms with Crippen LogP contribution in [0.15, 0.2) is 30.5 Å². The highest BCUT2D eigenvalue weighted by Crippen LogP contribution is 2.39. The lowest BCUT2D eigenvalue weighted by atomic mass is 9.96. The number of benzene rings is 1. The fourth-order valence-corrected chi connectivity index (χ4v) is 6.90. The normalized spacial score (nSPS) is 26.4. The summed E-state index contributed by atoms with van der Waals surface area (Å²) in [5, 5.41) is 6.49. The standard InChI is InChI=1S/C30H39N5O3/c1-18(2)34-12-10-22(17-34)32-29(36)21-5-9-27(31-16-21)35-24-6-7-25(35)15-23(14-24)33-30(37)26-8-4-20-11-13-38-28(20)19(26)3/h4-5,8-9,16,18,22-25H,6-7,10-15,17H2,1-3H3,(H,32,36)(H,33,37)/t22-,23?,24-,25+/m0/s1. The molecule has 6 rings (SSSR count). The molecule has 1 aromatic heterocycles. The number of pyridine rings is 1. The topological polar surface area (TPSA) is 86.8 Å². The second-order valence-electron chi connectivity index (χ2n) is 11.7. The summed E-state index contributed by atoms with van der Waals surface area (Å²) in [5.41, 5.74) is 3.46. The molecule has 38 heavy (non-hydrogen) atoms. The lowest BCUT2D eigenvalue weighted by Gasteiger charge is -2.40. The van der Waals surface area contributed by atoms with E-state index in [-0.39, 0.29) is 23.9 Å². The first-order valence-electron chi connectivity index (χ1n) is 14.2. The molecule has 0 aliphatic carbocycles. The van der Waals surface area contributed by atoms with Gasteiger partial charge in [0.1, 0.15) is 11.6 Å². The molecule has 0 spiro atoms. The Morgan fingerprint density at radius 3 is 2.45 bits per heavy atom. The molecule has 1 aromatic carbocycles. The van der Waals surface area contributed by atoms with Crippen molar-refractivity contribution in [3.05, 3.63) is 52.7 Å². The minimum atomic E-state index is -0.0451. The summed E-state index contributed by atoms with van der Waals surface area (Å²) in [6.07, 6.45) is 7.62. The molecule has 4 atom stereocenters. The van der Waals surface area contributed by atoms with Crippen molar-refractivity contribution in [1.29, 1.82) is 0 Å². The van der Waals surface area contributed by atoms with Gasteiger partial charge in [-0.2, -0.15) is 0 Å². The number of hydrogen-bond acceptors (Lipinski definition) is 6. The van der Waals surface area contributed by atoms with Crippen LogP contribution < -0.4 is 20.3 Å². The second kappa shape index (κ2) is 10.2. The van der Waals surface area contributed by atoms with Crippen LogP contribution in [0.2, 0.25) is 0 Å². The Morgan fingerprint density at radius 2 is 1.76 bits per heavy atom. The maximum atomic E-state index is 13.2. The molecule has 3 fully saturated rings. The number of aromatic nitrogens is 1. The van der Waals surface area contributed by atoms with E-state index in [9.17, 15) is 9.59 Å². The van der Waals surface area contributed by atoms with Crippen molar-refractivity contribution in [2.45, 2.75) is 89.5 Å². The van der Waals surface area contributed by atoms with Crippen LogP contribution in [-0.2, 0) is 6.42 Å². The average Bonchev–Trinajstić information content (AvgIpc) is 3.63. The van der Waals surface area contributed by atoms with E-state index < -0.39 is 0 Å². The van der Waals surface area contributed by atoms with Crippen LogP contribution in [0.5, 0.6) is 5.75 Å². The Balaban J connectivity index is 1.06. The number of likely N-dealkylation sites (tertiary alicyclic amines) is 1. The van der Waals surface area contributed by atoms with Gasteiger partial charge in [0.15, 0.2) is 0 Å². The van der Waals surface area contributed by atoms with Crippen molar-refractivity contribution in [3.63, 3.8) is 0 Å². The van der Waals surface area contributed by atoms with Crippen LogP contribution in [0, 0.1) is 6.92 Å². The average molecular weight is 518 g/mol. The first kappa shape index (κ1) is 25.2. The summed E-state index contributed by atoms with van der Waals surface area (Å²) in [4.78, 5) is 35.5. The summed E-state index contributed by atoms with van der Waals surface area (Å²) >= 11 is 0. The molecule has 2 N–H and O–H groups in total. The Hall–Kier alpha value is -3.13. The first-order chi connectivity index (χ1) is 18.4. The summed E-state index contributed by atoms with van der Waals surface area (Å²) < 4.78 is 5.77. The number of amides is 2. The largest absolute Gasteiger partial charge is 0.493 e. The summed E-state index contributed by atoms with van der Waals surface area (Å²) in [6, 6.07) is 9.39. The molecule has 4 aliphatic rings. The fourth-order valence-electron chi connectivity index (χ4n) is 6.90. The summed E-state index contributed by atoms with van der Waals surface area (Å²) in [6.45, 7) is 9.00. The number of nitrogens with one attached hydrogen (secondary N) is 2. The fraction of sp³-hybridized carbons (Fsp3) is 0.567. The van der Waals surface area contributed by atoms with Crippen LogP contribution in [0.4, 0.5) is 5.82 Å². The molecule has 2 aromatic rings. The van der Waals surface area contributed by atoms with Crippen molar-refractivity contribution < 1.29 is 14.3 Å². The van der Waals surface area contributed by atoms with Gasteiger partial charge < -0.3 is 20.3 Å². The first-order valence-corrected chi connectivity index (χ1v) is 14.2. The van der Waals surface area contributed by atoms with Gasteiger partial charge in [0.05, 0.1) is 12.2 Å². The summed E-state index contributed by atoms with van der Waals surface area (Å²) in [7, 11) is 0. The molecular weight excluding hydrogens is 478 g/mol. The molecule has 2 amide bonds. The molecule has 8 heteroatoms. The number of carbonyl (C=O) groups excluding carboxylic acids is 2. The number of fused-ring (bicyclic) bond motifs is 3. The Bertz CT molecular complexity index is 1200. The molecule has 2 bridgehead atoms. The van der Waals surface area contributed by atoms with Crippen molar-refractivity contribution in [2.24, 2.45) is 0 Å². The van der Waals surface area contributed by atoms with Gasteiger partial charge in [-0.1, -0.05) is 6.07 Å². The van der Waals surface area contributed by atoms with Gasteiger partial charge in [-0.05, 0) is 76.6 Å². The van der Waals surface area contributed by atoms with Crippen LogP contribution in [0.1, 0.15) is 77.8 Å². The Labute approximate surface area is 225 Å². The number of hydrogen-bond donors (Lipinski definition) is 2. The van der Waals surface area contributed by atoms with E-state index in [1.54, 1.807) is 6.20 Å². The highest BCUT2D eigenvalue weighted by atomic mass is 16.5. The van der Waals surface area contributed by atoms with Crippen LogP contribution >= 0.6 is 0 Å². The SMILES string of the molecule is Cc1c(C(=O)NC2C[C@H]3CC[C@@H](C2)N3c2ccc(C(=O)N[C@H]3CCN(C(C)C)C3)cn2)ccc2c1OCC2. The number of carbonyl (C=O) groups is 2. The predicted octanol–water partition coefficient (Wildman–Crippen LogP) is 3.47. The number of nitrogens with zero attached hydrogens (tertiary/aromatic N) is 3. The lowest BCUT2D eigenvalue weighted by molar-refractivity contribution is 0.0921. The summed E-state index contributed by atoms with van der Waals surface area (Å²) in [5.74, 6) is 1.76. The maximum Gasteiger partial charge on any atom is 0.253 e. The molecule has 4 aliphatic heterocycles. The third-order valence-corrected chi connectivity index (χ3v) is 8.98. The van der Waals surface area contributed by atoms with Crippen molar-refractivity contribution >= 4 is 17.6 Å². The molecule has 0 saturated carbocycles. The monoisotopic (exact) mass is 517 g/mol. The minimum absolute atomic E-state index is 0.00841. The minimum Gasteiger partial charge on any atom is -0.493 e. The zero-order valence-electron chi connectivity index (χ0n) is 22.7. The highest BCUT2D eigenvalue weighted by molar-refractivity contribution is 5.97. The molecule has 0 radical (unpaired) electrons. The third-order valence-electron chi connectivity index (χ3n) is 8.98. The van der Waals surface area contributed by atoms with Gasteiger partial charge in [-0.25, -0.2) is 4.98 Å². The van der Waals surface area contributed by atoms with Gasteiger partial charge in [-0.3, -0.25) is 14.5 Å². The maximum absolute atomic E-state index is 13.2. The van der Waals surface area contributed by atoms with E-state index in [4.69, 9.17) is 9.72 Å². The smallest absolute Gasteiger partial charge is 0.253 e. The highest BCUT2D eigenvalue weighted by Gasteiger charge is 2.42. The molecule has 3 saturated heterocycles. The van der Waals surface area contributed by atoms with E-state index in [0.717, 1.165) is 68.7 Å². The molecule has 1 unspecified atom stereocenters. The number of piperidine rings is 1.